The molecule has 1 amide bonds. The van der Waals surface area contributed by atoms with Gasteiger partial charge in [-0.15, -0.1) is 0 Å². The molecule has 1 saturated carbocycles. The molecule has 172 valence electrons. The minimum atomic E-state index is -0.494. The molecule has 0 spiro atoms. The van der Waals surface area contributed by atoms with Crippen molar-refractivity contribution < 1.29 is 19.1 Å². The van der Waals surface area contributed by atoms with Crippen molar-refractivity contribution in [3.63, 3.8) is 0 Å². The van der Waals surface area contributed by atoms with Crippen molar-refractivity contribution in [3.8, 4) is 11.5 Å². The molecule has 7 heteroatoms. The Hall–Kier alpha value is -2.99. The van der Waals surface area contributed by atoms with Crippen molar-refractivity contribution in [1.82, 2.24) is 4.57 Å². The third-order valence-electron chi connectivity index (χ3n) is 6.79. The average Bonchev–Trinajstić information content (AvgIpc) is 3.54. The summed E-state index contributed by atoms with van der Waals surface area (Å²) >= 11 is 6.60. The molecule has 1 fully saturated rings. The van der Waals surface area contributed by atoms with Crippen LogP contribution < -0.4 is 15.2 Å². The first-order chi connectivity index (χ1) is 16.0. The molecule has 3 aromatic rings. The zero-order valence-corrected chi connectivity index (χ0v) is 19.4. The van der Waals surface area contributed by atoms with E-state index in [0.29, 0.717) is 28.6 Å². The van der Waals surface area contributed by atoms with Crippen molar-refractivity contribution in [2.24, 2.45) is 11.7 Å². The maximum absolute atomic E-state index is 13.7. The lowest BCUT2D eigenvalue weighted by Gasteiger charge is -2.15. The molecule has 2 N–H and O–H groups in total. The minimum Gasteiger partial charge on any atom is -0.454 e. The number of ether oxygens (including phenoxy) is 2. The van der Waals surface area contributed by atoms with E-state index in [-0.39, 0.29) is 18.5 Å². The summed E-state index contributed by atoms with van der Waals surface area (Å²) in [5, 5.41) is 1.44. The van der Waals surface area contributed by atoms with Gasteiger partial charge in [-0.05, 0) is 43.0 Å². The number of fused-ring (bicyclic) bond motifs is 2. The van der Waals surface area contributed by atoms with Gasteiger partial charge in [0, 0.05) is 45.8 Å². The third kappa shape index (κ3) is 3.86. The van der Waals surface area contributed by atoms with Crippen LogP contribution in [0, 0.1) is 5.92 Å². The lowest BCUT2D eigenvalue weighted by atomic mass is 9.93. The Morgan fingerprint density at radius 2 is 1.85 bits per heavy atom. The first-order valence-electron chi connectivity index (χ1n) is 11.5. The third-order valence-corrected chi connectivity index (χ3v) is 7.14. The smallest absolute Gasteiger partial charge is 0.248 e. The van der Waals surface area contributed by atoms with Gasteiger partial charge in [-0.3, -0.25) is 9.59 Å². The van der Waals surface area contributed by atoms with Crippen LogP contribution in [0.2, 0.25) is 5.02 Å². The monoisotopic (exact) mass is 466 g/mol. The largest absolute Gasteiger partial charge is 0.454 e. The standard InChI is InChI=1S/C26H27ClN2O4/c1-2-5-20-24(25(30)15-6-3-4-7-15)18-9-8-16(26(28)31)10-21(18)29(20)13-17-11-22-23(12-19(17)27)33-14-32-22/h8-12,15H,2-7,13-14H2,1H3,(H2,28,31). The van der Waals surface area contributed by atoms with Crippen LogP contribution in [0.1, 0.15) is 71.0 Å². The van der Waals surface area contributed by atoms with Crippen molar-refractivity contribution in [2.75, 3.05) is 6.79 Å². The Kier molecular flexibility index (Phi) is 5.79. The highest BCUT2D eigenvalue weighted by Gasteiger charge is 2.30. The molecule has 0 unspecified atom stereocenters. The van der Waals surface area contributed by atoms with Crippen molar-refractivity contribution >= 4 is 34.2 Å². The Morgan fingerprint density at radius 1 is 1.12 bits per heavy atom. The number of carbonyl (C=O) groups is 2. The first kappa shape index (κ1) is 21.8. The number of ketones is 1. The van der Waals surface area contributed by atoms with Crippen molar-refractivity contribution in [3.05, 3.63) is 57.7 Å². The summed E-state index contributed by atoms with van der Waals surface area (Å²) in [7, 11) is 0. The molecule has 5 rings (SSSR count). The van der Waals surface area contributed by atoms with Crippen LogP contribution in [0.15, 0.2) is 30.3 Å². The Morgan fingerprint density at radius 3 is 2.55 bits per heavy atom. The lowest BCUT2D eigenvalue weighted by Crippen LogP contribution is -2.14. The molecule has 1 aliphatic heterocycles. The SMILES string of the molecule is CCCc1c(C(=O)C2CCCC2)c2ccc(C(N)=O)cc2n1Cc1cc2c(cc1Cl)OCO2. The number of halogens is 1. The van der Waals surface area contributed by atoms with E-state index in [9.17, 15) is 9.59 Å². The van der Waals surface area contributed by atoms with Gasteiger partial charge in [0.1, 0.15) is 0 Å². The quantitative estimate of drug-likeness (QED) is 0.466. The molecule has 0 saturated heterocycles. The van der Waals surface area contributed by atoms with E-state index in [1.165, 1.54) is 0 Å². The van der Waals surface area contributed by atoms with Crippen LogP contribution in [-0.4, -0.2) is 23.1 Å². The normalized spacial score (nSPS) is 15.5. The zero-order valence-electron chi connectivity index (χ0n) is 18.7. The van der Waals surface area contributed by atoms with Gasteiger partial charge in [0.25, 0.3) is 0 Å². The molecule has 1 aromatic heterocycles. The maximum atomic E-state index is 13.7. The van der Waals surface area contributed by atoms with Gasteiger partial charge in [0.2, 0.25) is 12.7 Å². The molecular weight excluding hydrogens is 440 g/mol. The van der Waals surface area contributed by atoms with E-state index in [4.69, 9.17) is 26.8 Å². The molecule has 0 bridgehead atoms. The lowest BCUT2D eigenvalue weighted by molar-refractivity contribution is 0.0922. The highest BCUT2D eigenvalue weighted by molar-refractivity contribution is 6.31. The summed E-state index contributed by atoms with van der Waals surface area (Å²) in [6.07, 6.45) is 5.69. The Balaban J connectivity index is 1.70. The predicted molar refractivity (Wildman–Crippen MR) is 127 cm³/mol. The Bertz CT molecular complexity index is 1260. The molecule has 33 heavy (non-hydrogen) atoms. The van der Waals surface area contributed by atoms with E-state index in [0.717, 1.165) is 66.2 Å². The number of Topliss-reactive ketones (excluding diaryl/α,β-unsaturated/α-hetero) is 1. The van der Waals surface area contributed by atoms with Gasteiger partial charge in [0.05, 0.1) is 5.52 Å². The van der Waals surface area contributed by atoms with Crippen LogP contribution in [0.4, 0.5) is 0 Å². The maximum Gasteiger partial charge on any atom is 0.248 e. The number of hydrogen-bond donors (Lipinski definition) is 1. The molecular formula is C26H27ClN2O4. The Labute approximate surface area is 197 Å². The number of hydrogen-bond acceptors (Lipinski definition) is 4. The van der Waals surface area contributed by atoms with E-state index in [1.54, 1.807) is 18.2 Å². The summed E-state index contributed by atoms with van der Waals surface area (Å²) in [6.45, 7) is 2.72. The number of aromatic nitrogens is 1. The fourth-order valence-corrected chi connectivity index (χ4v) is 5.36. The molecule has 6 nitrogen and oxygen atoms in total. The first-order valence-corrected chi connectivity index (χ1v) is 11.9. The molecule has 1 aliphatic carbocycles. The second-order valence-electron chi connectivity index (χ2n) is 8.90. The van der Waals surface area contributed by atoms with Crippen LogP contribution in [-0.2, 0) is 13.0 Å². The molecule has 2 aliphatic rings. The van der Waals surface area contributed by atoms with Crippen LogP contribution in [0.25, 0.3) is 10.9 Å². The second-order valence-corrected chi connectivity index (χ2v) is 9.30. The fraction of sp³-hybridized carbons (Fsp3) is 0.385. The second kappa shape index (κ2) is 8.75. The van der Waals surface area contributed by atoms with E-state index in [2.05, 4.69) is 11.5 Å². The fourth-order valence-electron chi connectivity index (χ4n) is 5.15. The van der Waals surface area contributed by atoms with Crippen LogP contribution in [0.3, 0.4) is 0 Å². The number of rotatable bonds is 7. The topological polar surface area (TPSA) is 83.6 Å². The van der Waals surface area contributed by atoms with Gasteiger partial charge in [-0.2, -0.15) is 0 Å². The number of nitrogens with zero attached hydrogens (tertiary/aromatic N) is 1. The summed E-state index contributed by atoms with van der Waals surface area (Å²) < 4.78 is 13.1. The zero-order chi connectivity index (χ0) is 23.1. The number of amides is 1. The summed E-state index contributed by atoms with van der Waals surface area (Å²) in [5.74, 6) is 1.06. The number of nitrogens with two attached hydrogens (primary N) is 1. The van der Waals surface area contributed by atoms with E-state index < -0.39 is 5.91 Å². The van der Waals surface area contributed by atoms with Crippen molar-refractivity contribution in [2.45, 2.75) is 52.0 Å². The van der Waals surface area contributed by atoms with Gasteiger partial charge < -0.3 is 19.8 Å². The van der Waals surface area contributed by atoms with Gasteiger partial charge in [0.15, 0.2) is 17.3 Å². The highest BCUT2D eigenvalue weighted by Crippen LogP contribution is 2.39. The van der Waals surface area contributed by atoms with Gasteiger partial charge in [-0.1, -0.05) is 43.9 Å². The predicted octanol–water partition coefficient (Wildman–Crippen LogP) is 5.50. The van der Waals surface area contributed by atoms with Crippen LogP contribution >= 0.6 is 11.6 Å². The number of carbonyl (C=O) groups excluding carboxylic acids is 2. The van der Waals surface area contributed by atoms with E-state index >= 15 is 0 Å². The van der Waals surface area contributed by atoms with Gasteiger partial charge in [-0.25, -0.2) is 0 Å². The highest BCUT2D eigenvalue weighted by atomic mass is 35.5. The van der Waals surface area contributed by atoms with Crippen molar-refractivity contribution in [1.29, 1.82) is 0 Å². The number of benzene rings is 2. The average molecular weight is 467 g/mol. The molecule has 2 heterocycles. The number of primary amides is 1. The molecule has 0 atom stereocenters. The minimum absolute atomic E-state index is 0.0598. The van der Waals surface area contributed by atoms with Gasteiger partial charge >= 0.3 is 0 Å². The molecule has 0 radical (unpaired) electrons. The summed E-state index contributed by atoms with van der Waals surface area (Å²) in [4.78, 5) is 25.6. The van der Waals surface area contributed by atoms with Crippen LogP contribution in [0.5, 0.6) is 11.5 Å². The molecule has 2 aromatic carbocycles. The van der Waals surface area contributed by atoms with E-state index in [1.807, 2.05) is 12.1 Å². The summed E-state index contributed by atoms with van der Waals surface area (Å²) in [5.41, 5.74) is 9.46. The summed E-state index contributed by atoms with van der Waals surface area (Å²) in [6, 6.07) is 9.04.